The maximum Gasteiger partial charge on any atom is 0.168 e. The fourth-order valence-electron chi connectivity index (χ4n) is 2.76. The summed E-state index contributed by atoms with van der Waals surface area (Å²) < 4.78 is 0. The van der Waals surface area contributed by atoms with Crippen LogP contribution in [0.2, 0.25) is 0 Å². The predicted molar refractivity (Wildman–Crippen MR) is 94.2 cm³/mol. The fourth-order valence-corrected chi connectivity index (χ4v) is 3.17. The normalized spacial score (nSPS) is 19.2. The van der Waals surface area contributed by atoms with Crippen LogP contribution in [0.1, 0.15) is 44.6 Å². The number of Topliss-reactive ketones (excluding diaryl/α,β-unsaturated/α-hetero) is 1. The molecule has 0 heterocycles. The van der Waals surface area contributed by atoms with Crippen LogP contribution in [-0.2, 0) is 9.63 Å². The van der Waals surface area contributed by atoms with E-state index in [1.165, 1.54) is 4.90 Å². The summed E-state index contributed by atoms with van der Waals surface area (Å²) in [6.45, 7) is 4.18. The standard InChI is InChI=1S/C18H23NO3S/c1-4-15(19-22-5-2)18-16(20)10-13(11-17(18)21)12-6-8-14(23-3)9-7-12/h6-9,13,20H,4-5,10-11H2,1-3H3/b19-15-. The first-order valence-corrected chi connectivity index (χ1v) is 9.11. The van der Waals surface area contributed by atoms with Crippen LogP contribution in [0.4, 0.5) is 0 Å². The highest BCUT2D eigenvalue weighted by Gasteiger charge is 2.31. The van der Waals surface area contributed by atoms with E-state index in [9.17, 15) is 9.90 Å². The number of carbonyl (C=O) groups is 1. The topological polar surface area (TPSA) is 58.9 Å². The molecule has 0 saturated heterocycles. The molecule has 23 heavy (non-hydrogen) atoms. The van der Waals surface area contributed by atoms with Crippen molar-refractivity contribution in [2.75, 3.05) is 12.9 Å². The molecule has 1 aliphatic rings. The average Bonchev–Trinajstić information content (AvgIpc) is 2.57. The van der Waals surface area contributed by atoms with Gasteiger partial charge in [-0.15, -0.1) is 11.8 Å². The zero-order valence-electron chi connectivity index (χ0n) is 13.8. The van der Waals surface area contributed by atoms with Gasteiger partial charge in [-0.2, -0.15) is 0 Å². The molecule has 5 heteroatoms. The maximum absolute atomic E-state index is 12.5. The predicted octanol–water partition coefficient (Wildman–Crippen LogP) is 4.47. The summed E-state index contributed by atoms with van der Waals surface area (Å²) in [4.78, 5) is 18.8. The maximum atomic E-state index is 12.5. The van der Waals surface area contributed by atoms with Crippen molar-refractivity contribution in [3.05, 3.63) is 41.2 Å². The summed E-state index contributed by atoms with van der Waals surface area (Å²) in [6, 6.07) is 8.18. The highest BCUT2D eigenvalue weighted by molar-refractivity contribution is 7.98. The second-order valence-electron chi connectivity index (χ2n) is 5.43. The Labute approximate surface area is 141 Å². The minimum atomic E-state index is -0.0620. The van der Waals surface area contributed by atoms with E-state index in [-0.39, 0.29) is 17.5 Å². The first kappa shape index (κ1) is 17.6. The molecule has 0 saturated carbocycles. The number of carbonyl (C=O) groups excluding carboxylic acids is 1. The Balaban J connectivity index is 2.24. The van der Waals surface area contributed by atoms with Gasteiger partial charge in [-0.3, -0.25) is 4.79 Å². The molecule has 0 fully saturated rings. The quantitative estimate of drug-likeness (QED) is 0.474. The Morgan fingerprint density at radius 2 is 2.00 bits per heavy atom. The lowest BCUT2D eigenvalue weighted by molar-refractivity contribution is -0.116. The number of allylic oxidation sites excluding steroid dienone is 2. The van der Waals surface area contributed by atoms with Crippen molar-refractivity contribution in [3.63, 3.8) is 0 Å². The number of oxime groups is 1. The SMILES string of the molecule is CCO/N=C(/CC)C1=C(O)CC(c2ccc(SC)cc2)CC1=O. The van der Waals surface area contributed by atoms with Crippen LogP contribution in [0.3, 0.4) is 0 Å². The lowest BCUT2D eigenvalue weighted by Crippen LogP contribution is -2.23. The third-order valence-corrected chi connectivity index (χ3v) is 4.70. The van der Waals surface area contributed by atoms with Crippen molar-refractivity contribution in [2.24, 2.45) is 5.16 Å². The van der Waals surface area contributed by atoms with E-state index < -0.39 is 0 Å². The minimum absolute atomic E-state index is 0.0207. The molecule has 1 aliphatic carbocycles. The number of aliphatic hydroxyl groups excluding tert-OH is 1. The molecule has 0 spiro atoms. The lowest BCUT2D eigenvalue weighted by atomic mass is 9.81. The summed E-state index contributed by atoms with van der Waals surface area (Å²) >= 11 is 1.68. The molecule has 1 aromatic rings. The number of ketones is 1. The number of aliphatic hydroxyl groups is 1. The zero-order valence-corrected chi connectivity index (χ0v) is 14.7. The number of hydrogen-bond acceptors (Lipinski definition) is 5. The Morgan fingerprint density at radius 1 is 1.30 bits per heavy atom. The minimum Gasteiger partial charge on any atom is -0.511 e. The summed E-state index contributed by atoms with van der Waals surface area (Å²) in [7, 11) is 0. The smallest absolute Gasteiger partial charge is 0.168 e. The van der Waals surface area contributed by atoms with Crippen LogP contribution >= 0.6 is 11.8 Å². The van der Waals surface area contributed by atoms with E-state index in [1.807, 2.05) is 32.2 Å². The second-order valence-corrected chi connectivity index (χ2v) is 6.31. The Bertz CT molecular complexity index is 620. The largest absolute Gasteiger partial charge is 0.511 e. The molecule has 0 radical (unpaired) electrons. The summed E-state index contributed by atoms with van der Waals surface area (Å²) in [5.74, 6) is 0.0841. The first-order valence-electron chi connectivity index (χ1n) is 7.89. The molecule has 0 amide bonds. The molecule has 124 valence electrons. The van der Waals surface area contributed by atoms with Crippen LogP contribution in [0.25, 0.3) is 0 Å². The van der Waals surface area contributed by atoms with Crippen LogP contribution in [0.5, 0.6) is 0 Å². The van der Waals surface area contributed by atoms with E-state index in [0.29, 0.717) is 37.2 Å². The number of hydrogen-bond donors (Lipinski definition) is 1. The van der Waals surface area contributed by atoms with Crippen molar-refractivity contribution in [1.29, 1.82) is 0 Å². The third kappa shape index (κ3) is 4.16. The van der Waals surface area contributed by atoms with Crippen LogP contribution < -0.4 is 0 Å². The molecule has 0 bridgehead atoms. The van der Waals surface area contributed by atoms with Crippen molar-refractivity contribution in [1.82, 2.24) is 0 Å². The van der Waals surface area contributed by atoms with Gasteiger partial charge < -0.3 is 9.94 Å². The highest BCUT2D eigenvalue weighted by Crippen LogP contribution is 2.35. The molecule has 1 N–H and O–H groups in total. The molecular formula is C18H23NO3S. The summed E-state index contributed by atoms with van der Waals surface area (Å²) in [5, 5.41) is 14.4. The van der Waals surface area contributed by atoms with Gasteiger partial charge in [-0.1, -0.05) is 24.2 Å². The van der Waals surface area contributed by atoms with Crippen LogP contribution in [0, 0.1) is 0 Å². The van der Waals surface area contributed by atoms with Crippen LogP contribution in [-0.4, -0.2) is 29.5 Å². The van der Waals surface area contributed by atoms with E-state index in [1.54, 1.807) is 11.8 Å². The molecule has 0 aromatic heterocycles. The summed E-state index contributed by atoms with van der Waals surface area (Å²) in [6.07, 6.45) is 3.44. The first-order chi connectivity index (χ1) is 11.1. The van der Waals surface area contributed by atoms with Gasteiger partial charge in [0.2, 0.25) is 0 Å². The number of thioether (sulfide) groups is 1. The van der Waals surface area contributed by atoms with Gasteiger partial charge in [0.1, 0.15) is 12.4 Å². The molecule has 1 aromatic carbocycles. The van der Waals surface area contributed by atoms with Crippen molar-refractivity contribution in [2.45, 2.75) is 43.9 Å². The molecular weight excluding hydrogens is 310 g/mol. The molecule has 4 nitrogen and oxygen atoms in total. The van der Waals surface area contributed by atoms with Gasteiger partial charge in [0.15, 0.2) is 5.78 Å². The van der Waals surface area contributed by atoms with E-state index in [2.05, 4.69) is 17.3 Å². The Morgan fingerprint density at radius 3 is 2.52 bits per heavy atom. The number of nitrogens with zero attached hydrogens (tertiary/aromatic N) is 1. The van der Waals surface area contributed by atoms with Crippen molar-refractivity contribution < 1.29 is 14.7 Å². The van der Waals surface area contributed by atoms with Crippen LogP contribution in [0.15, 0.2) is 45.6 Å². The van der Waals surface area contributed by atoms with Gasteiger partial charge in [-0.25, -0.2) is 0 Å². The van der Waals surface area contributed by atoms with Crippen molar-refractivity contribution >= 4 is 23.3 Å². The fraction of sp³-hybridized carbons (Fsp3) is 0.444. The Hall–Kier alpha value is -1.75. The highest BCUT2D eigenvalue weighted by atomic mass is 32.2. The molecule has 1 atom stereocenters. The monoisotopic (exact) mass is 333 g/mol. The third-order valence-electron chi connectivity index (χ3n) is 3.95. The number of rotatable bonds is 6. The lowest BCUT2D eigenvalue weighted by Gasteiger charge is -2.24. The Kier molecular flexibility index (Phi) is 6.28. The van der Waals surface area contributed by atoms with E-state index in [4.69, 9.17) is 4.84 Å². The van der Waals surface area contributed by atoms with Gasteiger partial charge in [0.05, 0.1) is 11.3 Å². The van der Waals surface area contributed by atoms with Gasteiger partial charge in [-0.05, 0) is 43.2 Å². The van der Waals surface area contributed by atoms with E-state index >= 15 is 0 Å². The average molecular weight is 333 g/mol. The van der Waals surface area contributed by atoms with Crippen molar-refractivity contribution in [3.8, 4) is 0 Å². The summed E-state index contributed by atoms with van der Waals surface area (Å²) in [5.41, 5.74) is 1.96. The van der Waals surface area contributed by atoms with Gasteiger partial charge in [0.25, 0.3) is 0 Å². The van der Waals surface area contributed by atoms with E-state index in [0.717, 1.165) is 5.56 Å². The van der Waals surface area contributed by atoms with Gasteiger partial charge in [0, 0.05) is 17.7 Å². The molecule has 1 unspecified atom stereocenters. The zero-order chi connectivity index (χ0) is 16.8. The van der Waals surface area contributed by atoms with Gasteiger partial charge >= 0.3 is 0 Å². The second kappa shape index (κ2) is 8.20. The molecule has 0 aliphatic heterocycles. The number of benzene rings is 1. The molecule has 2 rings (SSSR count).